The van der Waals surface area contributed by atoms with Crippen molar-refractivity contribution in [2.24, 2.45) is 11.7 Å². The van der Waals surface area contributed by atoms with Crippen LogP contribution < -0.4 is 5.73 Å². The van der Waals surface area contributed by atoms with Gasteiger partial charge in [-0.1, -0.05) is 18.2 Å². The van der Waals surface area contributed by atoms with Crippen molar-refractivity contribution in [2.75, 3.05) is 7.05 Å². The maximum Gasteiger partial charge on any atom is 0.0477 e. The van der Waals surface area contributed by atoms with Crippen LogP contribution in [0, 0.1) is 5.92 Å². The average Bonchev–Trinajstić information content (AvgIpc) is 2.95. The molecule has 2 aliphatic rings. The number of nitrogens with zero attached hydrogens (tertiary/aromatic N) is 1. The molecule has 3 heteroatoms. The van der Waals surface area contributed by atoms with Gasteiger partial charge >= 0.3 is 0 Å². The minimum Gasteiger partial charge on any atom is -0.357 e. The minimum atomic E-state index is 0.152. The van der Waals surface area contributed by atoms with Crippen LogP contribution in [0.3, 0.4) is 0 Å². The summed E-state index contributed by atoms with van der Waals surface area (Å²) >= 11 is 0. The summed E-state index contributed by atoms with van der Waals surface area (Å²) in [5.74, 6) is 0.622. The molecule has 2 fully saturated rings. The van der Waals surface area contributed by atoms with Crippen molar-refractivity contribution in [3.63, 3.8) is 0 Å². The Balaban J connectivity index is 1.59. The Morgan fingerprint density at radius 1 is 1.20 bits per heavy atom. The number of hydrogen-bond acceptors (Lipinski definition) is 2. The lowest BCUT2D eigenvalue weighted by atomic mass is 9.84. The van der Waals surface area contributed by atoms with Gasteiger partial charge < -0.3 is 15.6 Å². The van der Waals surface area contributed by atoms with Gasteiger partial charge in [-0.05, 0) is 56.2 Å². The largest absolute Gasteiger partial charge is 0.357 e. The highest BCUT2D eigenvalue weighted by Crippen LogP contribution is 2.41. The van der Waals surface area contributed by atoms with Crippen LogP contribution >= 0.6 is 0 Å². The van der Waals surface area contributed by atoms with Crippen molar-refractivity contribution in [1.29, 1.82) is 0 Å². The van der Waals surface area contributed by atoms with Crippen LogP contribution in [0.1, 0.15) is 37.4 Å². The Kier molecular flexibility index (Phi) is 2.86. The fourth-order valence-corrected chi connectivity index (χ4v) is 4.28. The zero-order valence-corrected chi connectivity index (χ0v) is 12.0. The smallest absolute Gasteiger partial charge is 0.0477 e. The quantitative estimate of drug-likeness (QED) is 0.880. The summed E-state index contributed by atoms with van der Waals surface area (Å²) < 4.78 is 0. The molecule has 2 aromatic rings. The molecule has 106 valence electrons. The summed E-state index contributed by atoms with van der Waals surface area (Å²) in [6.07, 6.45) is 5.22. The number of hydrogen-bond donors (Lipinski definition) is 2. The van der Waals surface area contributed by atoms with Gasteiger partial charge in [0.05, 0.1) is 0 Å². The third-order valence-electron chi connectivity index (χ3n) is 5.55. The molecule has 0 saturated carbocycles. The van der Waals surface area contributed by atoms with E-state index in [-0.39, 0.29) is 6.04 Å². The van der Waals surface area contributed by atoms with Crippen LogP contribution in [0.4, 0.5) is 0 Å². The number of nitrogens with one attached hydrogen (secondary N) is 1. The molecule has 2 unspecified atom stereocenters. The number of benzene rings is 1. The van der Waals surface area contributed by atoms with E-state index >= 15 is 0 Å². The number of aromatic nitrogens is 1. The lowest BCUT2D eigenvalue weighted by Crippen LogP contribution is -2.42. The van der Waals surface area contributed by atoms with Gasteiger partial charge in [0.25, 0.3) is 0 Å². The van der Waals surface area contributed by atoms with Crippen LogP contribution in [-0.2, 0) is 0 Å². The molecule has 2 saturated heterocycles. The Morgan fingerprint density at radius 2 is 1.90 bits per heavy atom. The Morgan fingerprint density at radius 3 is 2.60 bits per heavy atom. The maximum absolute atomic E-state index is 6.58. The molecular formula is C17H23N3. The van der Waals surface area contributed by atoms with E-state index < -0.39 is 0 Å². The van der Waals surface area contributed by atoms with Gasteiger partial charge in [-0.2, -0.15) is 0 Å². The Bertz CT molecular complexity index is 570. The maximum atomic E-state index is 6.58. The van der Waals surface area contributed by atoms with Crippen molar-refractivity contribution in [3.8, 4) is 0 Å². The molecule has 0 aliphatic carbocycles. The van der Waals surface area contributed by atoms with E-state index in [1.165, 1.54) is 42.3 Å². The van der Waals surface area contributed by atoms with Crippen molar-refractivity contribution in [3.05, 3.63) is 36.0 Å². The Hall–Kier alpha value is -1.32. The number of H-pyrrole nitrogens is 1. The Labute approximate surface area is 120 Å². The SMILES string of the molecule is CN1[C@@H]2CC[C@H]1CC(C(N)c1cc3ccccc3[nH]1)C2. The molecule has 0 radical (unpaired) electrons. The van der Waals surface area contributed by atoms with Crippen LogP contribution in [-0.4, -0.2) is 29.0 Å². The second-order valence-corrected chi connectivity index (χ2v) is 6.62. The third kappa shape index (κ3) is 1.88. The minimum absolute atomic E-state index is 0.152. The second kappa shape index (κ2) is 4.61. The lowest BCUT2D eigenvalue weighted by molar-refractivity contribution is 0.120. The van der Waals surface area contributed by atoms with Gasteiger partial charge in [-0.25, -0.2) is 0 Å². The first kappa shape index (κ1) is 12.4. The highest BCUT2D eigenvalue weighted by molar-refractivity contribution is 5.80. The van der Waals surface area contributed by atoms with Crippen molar-refractivity contribution < 1.29 is 0 Å². The monoisotopic (exact) mass is 269 g/mol. The molecule has 1 aromatic heterocycles. The number of aromatic amines is 1. The predicted molar refractivity (Wildman–Crippen MR) is 82.5 cm³/mol. The fourth-order valence-electron chi connectivity index (χ4n) is 4.28. The first-order valence-electron chi connectivity index (χ1n) is 7.77. The summed E-state index contributed by atoms with van der Waals surface area (Å²) in [5, 5.41) is 1.27. The van der Waals surface area contributed by atoms with E-state index in [1.54, 1.807) is 0 Å². The van der Waals surface area contributed by atoms with Crippen molar-refractivity contribution >= 4 is 10.9 Å². The first-order chi connectivity index (χ1) is 9.72. The summed E-state index contributed by atoms with van der Waals surface area (Å²) in [6.45, 7) is 0. The van der Waals surface area contributed by atoms with Crippen molar-refractivity contribution in [2.45, 2.75) is 43.8 Å². The fraction of sp³-hybridized carbons (Fsp3) is 0.529. The molecule has 2 aliphatic heterocycles. The summed E-state index contributed by atoms with van der Waals surface area (Å²) in [6, 6.07) is 12.3. The molecule has 4 atom stereocenters. The van der Waals surface area contributed by atoms with E-state index in [9.17, 15) is 0 Å². The second-order valence-electron chi connectivity index (χ2n) is 6.62. The molecule has 0 amide bonds. The normalized spacial score (nSPS) is 31.8. The van der Waals surface area contributed by atoms with E-state index in [2.05, 4.69) is 47.3 Å². The highest BCUT2D eigenvalue weighted by Gasteiger charge is 2.40. The molecule has 2 bridgehead atoms. The molecule has 3 N–H and O–H groups in total. The predicted octanol–water partition coefficient (Wildman–Crippen LogP) is 3.04. The molecule has 4 rings (SSSR count). The zero-order valence-electron chi connectivity index (χ0n) is 12.0. The van der Waals surface area contributed by atoms with E-state index in [0.717, 1.165) is 12.1 Å². The zero-order chi connectivity index (χ0) is 13.7. The average molecular weight is 269 g/mol. The van der Waals surface area contributed by atoms with E-state index in [4.69, 9.17) is 5.73 Å². The molecule has 3 heterocycles. The van der Waals surface area contributed by atoms with Crippen LogP contribution in [0.25, 0.3) is 10.9 Å². The van der Waals surface area contributed by atoms with Gasteiger partial charge in [0.1, 0.15) is 0 Å². The standard InChI is InChI=1S/C17H23N3/c1-20-13-6-7-14(20)9-12(8-13)17(18)16-10-11-4-2-3-5-15(11)19-16/h2-5,10,12-14,17,19H,6-9,18H2,1H3/t12?,13-,14+,17?. The van der Waals surface area contributed by atoms with Gasteiger partial charge in [0.2, 0.25) is 0 Å². The van der Waals surface area contributed by atoms with Crippen LogP contribution in [0.15, 0.2) is 30.3 Å². The lowest BCUT2D eigenvalue weighted by Gasteiger charge is -2.38. The number of piperidine rings is 1. The molecule has 0 spiro atoms. The highest BCUT2D eigenvalue weighted by atomic mass is 15.2. The van der Waals surface area contributed by atoms with Gasteiger partial charge in [-0.15, -0.1) is 0 Å². The van der Waals surface area contributed by atoms with Crippen LogP contribution in [0.2, 0.25) is 0 Å². The molecule has 20 heavy (non-hydrogen) atoms. The first-order valence-corrected chi connectivity index (χ1v) is 7.77. The van der Waals surface area contributed by atoms with Gasteiger partial charge in [-0.3, -0.25) is 0 Å². The van der Waals surface area contributed by atoms with Gasteiger partial charge in [0, 0.05) is 29.3 Å². The third-order valence-corrected chi connectivity index (χ3v) is 5.55. The summed E-state index contributed by atoms with van der Waals surface area (Å²) in [7, 11) is 2.28. The number of para-hydroxylation sites is 1. The molecular weight excluding hydrogens is 246 g/mol. The van der Waals surface area contributed by atoms with Gasteiger partial charge in [0.15, 0.2) is 0 Å². The summed E-state index contributed by atoms with van der Waals surface area (Å²) in [4.78, 5) is 6.09. The topological polar surface area (TPSA) is 45.0 Å². The van der Waals surface area contributed by atoms with Crippen LogP contribution in [0.5, 0.6) is 0 Å². The molecule has 1 aromatic carbocycles. The summed E-state index contributed by atoms with van der Waals surface area (Å²) in [5.41, 5.74) is 8.99. The molecule has 3 nitrogen and oxygen atoms in total. The number of fused-ring (bicyclic) bond motifs is 3. The van der Waals surface area contributed by atoms with Crippen molar-refractivity contribution in [1.82, 2.24) is 9.88 Å². The van der Waals surface area contributed by atoms with E-state index in [0.29, 0.717) is 5.92 Å². The van der Waals surface area contributed by atoms with E-state index in [1.807, 2.05) is 0 Å². The number of rotatable bonds is 2. The number of nitrogens with two attached hydrogens (primary N) is 1.